The molecule has 0 saturated heterocycles. The van der Waals surface area contributed by atoms with E-state index in [2.05, 4.69) is 41.5 Å². The van der Waals surface area contributed by atoms with Crippen molar-refractivity contribution in [2.24, 2.45) is 17.8 Å². The van der Waals surface area contributed by atoms with Crippen LogP contribution in [0.4, 0.5) is 0 Å². The Kier molecular flexibility index (Phi) is 57.1. The third-order valence-electron chi connectivity index (χ3n) is 14.3. The predicted octanol–water partition coefficient (Wildman–Crippen LogP) is 20.4. The molecule has 6 nitrogen and oxygen atoms in total. The Labute approximate surface area is 415 Å². The van der Waals surface area contributed by atoms with E-state index in [0.29, 0.717) is 26.4 Å². The van der Waals surface area contributed by atoms with Crippen LogP contribution in [0.15, 0.2) is 0 Å². The standard InChI is InChI=1S/C60H122O6/c1-7-10-13-36-45-57(4)48-39-30-24-18-16-21-28-34-43-52-63-65-54-60(62-56-61-51-42-33-27-23-20-26-32-41-50-59(6)47-38-15-12-9-3)55-66-64-53-44-35-29-22-17-19-25-31-40-49-58(5)46-37-14-11-8-2/h57-60H,7-56H2,1-6H3. The van der Waals surface area contributed by atoms with Crippen molar-refractivity contribution in [3.05, 3.63) is 0 Å². The largest absolute Gasteiger partial charge is 0.355 e. The lowest BCUT2D eigenvalue weighted by molar-refractivity contribution is -0.339. The van der Waals surface area contributed by atoms with E-state index in [0.717, 1.165) is 43.6 Å². The van der Waals surface area contributed by atoms with Crippen LogP contribution in [0.3, 0.4) is 0 Å². The number of hydrogen-bond acceptors (Lipinski definition) is 6. The summed E-state index contributed by atoms with van der Waals surface area (Å²) in [4.78, 5) is 22.3. The lowest BCUT2D eigenvalue weighted by Crippen LogP contribution is -2.27. The van der Waals surface area contributed by atoms with E-state index in [1.807, 2.05) is 0 Å². The van der Waals surface area contributed by atoms with Crippen LogP contribution in [-0.4, -0.2) is 45.9 Å². The van der Waals surface area contributed by atoms with Gasteiger partial charge in [0.1, 0.15) is 26.1 Å². The first-order valence-electron chi connectivity index (χ1n) is 30.2. The van der Waals surface area contributed by atoms with Crippen LogP contribution in [0.25, 0.3) is 0 Å². The monoisotopic (exact) mass is 939 g/mol. The molecule has 0 heterocycles. The maximum atomic E-state index is 6.03. The highest BCUT2D eigenvalue weighted by Gasteiger charge is 2.12. The van der Waals surface area contributed by atoms with Crippen molar-refractivity contribution in [3.63, 3.8) is 0 Å². The molecule has 0 aromatic carbocycles. The predicted molar refractivity (Wildman–Crippen MR) is 287 cm³/mol. The maximum absolute atomic E-state index is 6.03. The van der Waals surface area contributed by atoms with E-state index in [9.17, 15) is 0 Å². The van der Waals surface area contributed by atoms with Gasteiger partial charge in [0.25, 0.3) is 0 Å². The van der Waals surface area contributed by atoms with E-state index in [-0.39, 0.29) is 12.9 Å². The Morgan fingerprint density at radius 3 is 0.788 bits per heavy atom. The average Bonchev–Trinajstić information content (AvgIpc) is 3.31. The molecule has 0 aliphatic rings. The molecule has 0 fully saturated rings. The zero-order valence-corrected chi connectivity index (χ0v) is 46.1. The minimum Gasteiger partial charge on any atom is -0.355 e. The fourth-order valence-corrected chi connectivity index (χ4v) is 9.45. The molecule has 0 saturated carbocycles. The molecule has 3 unspecified atom stereocenters. The van der Waals surface area contributed by atoms with Crippen LogP contribution in [0.2, 0.25) is 0 Å². The number of rotatable bonds is 59. The van der Waals surface area contributed by atoms with Crippen LogP contribution < -0.4 is 0 Å². The van der Waals surface area contributed by atoms with Crippen molar-refractivity contribution in [3.8, 4) is 0 Å². The van der Waals surface area contributed by atoms with E-state index in [4.69, 9.17) is 29.0 Å². The summed E-state index contributed by atoms with van der Waals surface area (Å²) in [6.45, 7) is 17.1. The minimum absolute atomic E-state index is 0.241. The van der Waals surface area contributed by atoms with E-state index >= 15 is 0 Å². The lowest BCUT2D eigenvalue weighted by Gasteiger charge is -2.17. The zero-order valence-electron chi connectivity index (χ0n) is 46.1. The van der Waals surface area contributed by atoms with E-state index in [1.54, 1.807) is 0 Å². The molecule has 0 aliphatic carbocycles. The molecule has 0 spiro atoms. The first-order valence-corrected chi connectivity index (χ1v) is 30.2. The molecule has 0 N–H and O–H groups in total. The normalized spacial score (nSPS) is 13.7. The summed E-state index contributed by atoms with van der Waals surface area (Å²) < 4.78 is 11.9. The first kappa shape index (κ1) is 65.8. The van der Waals surface area contributed by atoms with E-state index in [1.165, 1.54) is 263 Å². The smallest absolute Gasteiger partial charge is 0.147 e. The minimum atomic E-state index is -0.294. The molecule has 0 aliphatic heterocycles. The summed E-state index contributed by atoms with van der Waals surface area (Å²) in [6, 6.07) is 0. The summed E-state index contributed by atoms with van der Waals surface area (Å²) in [5.74, 6) is 2.74. The second-order valence-electron chi connectivity index (χ2n) is 21.4. The quantitative estimate of drug-likeness (QED) is 0.0262. The third kappa shape index (κ3) is 54.7. The molecule has 6 heteroatoms. The van der Waals surface area contributed by atoms with Gasteiger partial charge in [-0.05, 0) is 37.0 Å². The Morgan fingerprint density at radius 2 is 0.500 bits per heavy atom. The molecule has 3 atom stereocenters. The van der Waals surface area contributed by atoms with Crippen LogP contribution in [0, 0.1) is 17.8 Å². The fourth-order valence-electron chi connectivity index (χ4n) is 9.45. The van der Waals surface area contributed by atoms with Gasteiger partial charge in [-0.2, -0.15) is 0 Å². The van der Waals surface area contributed by atoms with Gasteiger partial charge in [-0.1, -0.05) is 305 Å². The Morgan fingerprint density at radius 1 is 0.258 bits per heavy atom. The van der Waals surface area contributed by atoms with Crippen molar-refractivity contribution in [1.29, 1.82) is 0 Å². The lowest BCUT2D eigenvalue weighted by atomic mass is 9.96. The van der Waals surface area contributed by atoms with Gasteiger partial charge < -0.3 is 9.47 Å². The van der Waals surface area contributed by atoms with Gasteiger partial charge in [0.15, 0.2) is 0 Å². The molecule has 0 amide bonds. The number of unbranched alkanes of at least 4 members (excludes halogenated alkanes) is 32. The van der Waals surface area contributed by atoms with Crippen molar-refractivity contribution in [2.75, 3.05) is 39.8 Å². The maximum Gasteiger partial charge on any atom is 0.147 e. The molecular formula is C60H122O6. The van der Waals surface area contributed by atoms with Crippen LogP contribution in [-0.2, 0) is 29.0 Å². The van der Waals surface area contributed by atoms with Crippen molar-refractivity contribution in [1.82, 2.24) is 0 Å². The molecule has 0 rings (SSSR count). The highest BCUT2D eigenvalue weighted by atomic mass is 17.2. The summed E-state index contributed by atoms with van der Waals surface area (Å²) >= 11 is 0. The van der Waals surface area contributed by atoms with E-state index < -0.39 is 0 Å². The van der Waals surface area contributed by atoms with Gasteiger partial charge in [0.2, 0.25) is 0 Å². The second kappa shape index (κ2) is 57.3. The number of ether oxygens (including phenoxy) is 2. The molecule has 398 valence electrons. The Hall–Kier alpha value is -0.240. The van der Waals surface area contributed by atoms with Crippen molar-refractivity contribution >= 4 is 0 Å². The second-order valence-corrected chi connectivity index (χ2v) is 21.4. The zero-order chi connectivity index (χ0) is 47.9. The van der Waals surface area contributed by atoms with Crippen molar-refractivity contribution < 1.29 is 29.0 Å². The fraction of sp³-hybridized carbons (Fsp3) is 1.00. The Bertz CT molecular complexity index is 811. The summed E-state index contributed by atoms with van der Waals surface area (Å²) in [5, 5.41) is 0. The van der Waals surface area contributed by atoms with Gasteiger partial charge in [0, 0.05) is 6.61 Å². The summed E-state index contributed by atoms with van der Waals surface area (Å²) in [7, 11) is 0. The number of hydrogen-bond donors (Lipinski definition) is 0. The topological polar surface area (TPSA) is 55.4 Å². The SMILES string of the molecule is CCCCCCC(C)CCCCCCCCCCCOOCC(COOCCCCCCCCCCCC(C)CCCCCC)OCOCCCCCCCCCCC(C)CCCCCC. The van der Waals surface area contributed by atoms with Gasteiger partial charge >= 0.3 is 0 Å². The van der Waals surface area contributed by atoms with Gasteiger partial charge in [-0.25, -0.2) is 19.6 Å². The van der Waals surface area contributed by atoms with Crippen molar-refractivity contribution in [2.45, 2.75) is 330 Å². The van der Waals surface area contributed by atoms with Gasteiger partial charge in [0.05, 0.1) is 13.2 Å². The van der Waals surface area contributed by atoms with Gasteiger partial charge in [-0.15, -0.1) is 0 Å². The molecule has 0 aromatic heterocycles. The van der Waals surface area contributed by atoms with Crippen LogP contribution in [0.5, 0.6) is 0 Å². The van der Waals surface area contributed by atoms with Gasteiger partial charge in [-0.3, -0.25) is 0 Å². The highest BCUT2D eigenvalue weighted by molar-refractivity contribution is 4.59. The Balaban J connectivity index is 4.07. The van der Waals surface area contributed by atoms with Crippen LogP contribution >= 0.6 is 0 Å². The third-order valence-corrected chi connectivity index (χ3v) is 14.3. The molecule has 66 heavy (non-hydrogen) atoms. The summed E-state index contributed by atoms with van der Waals surface area (Å²) in [5.41, 5.74) is 0. The van der Waals surface area contributed by atoms with Crippen LogP contribution in [0.1, 0.15) is 324 Å². The molecular weight excluding hydrogens is 817 g/mol. The average molecular weight is 940 g/mol. The molecule has 0 bridgehead atoms. The first-order chi connectivity index (χ1) is 32.5. The highest BCUT2D eigenvalue weighted by Crippen LogP contribution is 2.21. The molecule has 0 aromatic rings. The molecule has 0 radical (unpaired) electrons. The summed E-state index contributed by atoms with van der Waals surface area (Å²) in [6.07, 6.45) is 59.3.